The first kappa shape index (κ1) is 13.3. The summed E-state index contributed by atoms with van der Waals surface area (Å²) >= 11 is 0. The van der Waals surface area contributed by atoms with Crippen LogP contribution in [-0.2, 0) is 0 Å². The van der Waals surface area contributed by atoms with Gasteiger partial charge in [0.15, 0.2) is 0 Å². The number of hydrogen-bond acceptors (Lipinski definition) is 4. The van der Waals surface area contributed by atoms with Gasteiger partial charge in [0.25, 0.3) is 0 Å². The van der Waals surface area contributed by atoms with E-state index in [0.717, 1.165) is 0 Å². The van der Waals surface area contributed by atoms with Gasteiger partial charge in [0.1, 0.15) is 17.3 Å². The van der Waals surface area contributed by atoms with Crippen LogP contribution in [0.4, 0.5) is 11.4 Å². The van der Waals surface area contributed by atoms with E-state index in [2.05, 4.69) is 33.0 Å². The second kappa shape index (κ2) is 3.95. The zero-order chi connectivity index (χ0) is 14.4. The number of nitriles is 1. The fraction of sp³-hybridized carbons (Fsp3) is 0.500. The number of benzene rings is 1. The van der Waals surface area contributed by atoms with Gasteiger partial charge in [-0.25, -0.2) is 0 Å². The number of nitro benzene ring substituents is 1. The van der Waals surface area contributed by atoms with E-state index in [1.54, 1.807) is 12.1 Å². The number of anilines is 1. The first-order valence-corrected chi connectivity index (χ1v) is 6.17. The minimum atomic E-state index is -0.497. The van der Waals surface area contributed by atoms with Crippen LogP contribution in [0.3, 0.4) is 0 Å². The summed E-state index contributed by atoms with van der Waals surface area (Å²) in [6.07, 6.45) is 0. The van der Waals surface area contributed by atoms with Gasteiger partial charge in [-0.1, -0.05) is 33.8 Å². The highest BCUT2D eigenvalue weighted by molar-refractivity contribution is 5.69. The molecule has 100 valence electrons. The summed E-state index contributed by atoms with van der Waals surface area (Å²) in [7, 11) is 0. The molecule has 0 radical (unpaired) electrons. The third kappa shape index (κ3) is 1.84. The second-order valence-corrected chi connectivity index (χ2v) is 6.09. The van der Waals surface area contributed by atoms with Crippen LogP contribution < -0.4 is 5.32 Å². The molecule has 1 saturated carbocycles. The first-order chi connectivity index (χ1) is 8.73. The molecule has 0 spiro atoms. The monoisotopic (exact) mass is 259 g/mol. The van der Waals surface area contributed by atoms with Gasteiger partial charge in [0.05, 0.1) is 4.92 Å². The molecule has 0 saturated heterocycles. The topological polar surface area (TPSA) is 79.0 Å². The maximum Gasteiger partial charge on any atom is 0.309 e. The van der Waals surface area contributed by atoms with Crippen LogP contribution in [0, 0.1) is 32.3 Å². The molecular weight excluding hydrogens is 242 g/mol. The lowest BCUT2D eigenvalue weighted by Crippen LogP contribution is -2.12. The molecule has 2 rings (SSSR count). The Bertz CT molecular complexity index is 571. The van der Waals surface area contributed by atoms with E-state index < -0.39 is 4.92 Å². The Balaban J connectivity index is 2.38. The van der Waals surface area contributed by atoms with Crippen molar-refractivity contribution in [3.63, 3.8) is 0 Å². The molecule has 0 atom stereocenters. The van der Waals surface area contributed by atoms with E-state index in [9.17, 15) is 10.1 Å². The van der Waals surface area contributed by atoms with Crippen LogP contribution in [0.25, 0.3) is 0 Å². The molecule has 0 amide bonds. The van der Waals surface area contributed by atoms with E-state index >= 15 is 0 Å². The van der Waals surface area contributed by atoms with Gasteiger partial charge >= 0.3 is 5.69 Å². The Morgan fingerprint density at radius 3 is 2.32 bits per heavy atom. The summed E-state index contributed by atoms with van der Waals surface area (Å²) in [5.74, 6) is 0. The van der Waals surface area contributed by atoms with Gasteiger partial charge in [-0.2, -0.15) is 5.26 Å². The summed E-state index contributed by atoms with van der Waals surface area (Å²) in [6.45, 7) is 8.52. The van der Waals surface area contributed by atoms with Crippen molar-refractivity contribution in [2.24, 2.45) is 10.8 Å². The van der Waals surface area contributed by atoms with Crippen molar-refractivity contribution in [1.82, 2.24) is 0 Å². The zero-order valence-corrected chi connectivity index (χ0v) is 11.5. The Kier molecular flexibility index (Phi) is 2.78. The Morgan fingerprint density at radius 2 is 1.89 bits per heavy atom. The number of nitrogens with zero attached hydrogens (tertiary/aromatic N) is 2. The molecule has 0 heterocycles. The lowest BCUT2D eigenvalue weighted by molar-refractivity contribution is -0.384. The average molecular weight is 259 g/mol. The summed E-state index contributed by atoms with van der Waals surface area (Å²) < 4.78 is 0. The molecule has 0 bridgehead atoms. The van der Waals surface area contributed by atoms with Crippen molar-refractivity contribution in [2.45, 2.75) is 33.7 Å². The van der Waals surface area contributed by atoms with Gasteiger partial charge < -0.3 is 5.32 Å². The fourth-order valence-corrected chi connectivity index (χ4v) is 2.66. The molecule has 1 fully saturated rings. The van der Waals surface area contributed by atoms with Crippen LogP contribution in [0.2, 0.25) is 0 Å². The SMILES string of the molecule is CC1(C)C(Nc2cccc(C#N)c2[N+](=O)[O-])C1(C)C. The number of para-hydroxylation sites is 1. The van der Waals surface area contributed by atoms with Crippen LogP contribution in [0.5, 0.6) is 0 Å². The van der Waals surface area contributed by atoms with E-state index in [-0.39, 0.29) is 28.1 Å². The molecular formula is C14H17N3O2. The van der Waals surface area contributed by atoms with Crippen molar-refractivity contribution in [2.75, 3.05) is 5.32 Å². The van der Waals surface area contributed by atoms with Crippen molar-refractivity contribution in [3.8, 4) is 6.07 Å². The summed E-state index contributed by atoms with van der Waals surface area (Å²) in [6, 6.07) is 6.81. The van der Waals surface area contributed by atoms with Gasteiger partial charge in [0, 0.05) is 6.04 Å². The molecule has 5 nitrogen and oxygen atoms in total. The maximum absolute atomic E-state index is 11.1. The summed E-state index contributed by atoms with van der Waals surface area (Å²) in [5, 5.41) is 23.3. The fourth-order valence-electron chi connectivity index (χ4n) is 2.66. The average Bonchev–Trinajstić information content (AvgIpc) is 2.71. The van der Waals surface area contributed by atoms with Crippen LogP contribution >= 0.6 is 0 Å². The van der Waals surface area contributed by atoms with Crippen LogP contribution in [0.15, 0.2) is 18.2 Å². The minimum Gasteiger partial charge on any atom is -0.376 e. The number of hydrogen-bond donors (Lipinski definition) is 1. The highest BCUT2D eigenvalue weighted by Gasteiger charge is 2.65. The molecule has 0 aliphatic heterocycles. The third-order valence-electron chi connectivity index (χ3n) is 4.66. The Morgan fingerprint density at radius 1 is 1.32 bits per heavy atom. The first-order valence-electron chi connectivity index (χ1n) is 6.17. The van der Waals surface area contributed by atoms with E-state index in [1.165, 1.54) is 6.07 Å². The molecule has 1 N–H and O–H groups in total. The van der Waals surface area contributed by atoms with Crippen molar-refractivity contribution < 1.29 is 4.92 Å². The zero-order valence-electron chi connectivity index (χ0n) is 11.5. The molecule has 5 heteroatoms. The quantitative estimate of drug-likeness (QED) is 0.667. The van der Waals surface area contributed by atoms with Crippen molar-refractivity contribution >= 4 is 11.4 Å². The largest absolute Gasteiger partial charge is 0.376 e. The molecule has 1 aromatic rings. The van der Waals surface area contributed by atoms with Gasteiger partial charge in [0.2, 0.25) is 0 Å². The molecule has 19 heavy (non-hydrogen) atoms. The van der Waals surface area contributed by atoms with Crippen molar-refractivity contribution in [1.29, 1.82) is 5.26 Å². The molecule has 1 aliphatic carbocycles. The molecule has 1 aromatic carbocycles. The lowest BCUT2D eigenvalue weighted by atomic mass is 10.0. The van der Waals surface area contributed by atoms with Gasteiger partial charge in [-0.3, -0.25) is 10.1 Å². The maximum atomic E-state index is 11.1. The van der Waals surface area contributed by atoms with Crippen molar-refractivity contribution in [3.05, 3.63) is 33.9 Å². The second-order valence-electron chi connectivity index (χ2n) is 6.09. The van der Waals surface area contributed by atoms with E-state index in [4.69, 9.17) is 5.26 Å². The molecule has 0 aromatic heterocycles. The molecule has 1 aliphatic rings. The van der Waals surface area contributed by atoms with E-state index in [0.29, 0.717) is 5.69 Å². The van der Waals surface area contributed by atoms with Gasteiger partial charge in [-0.15, -0.1) is 0 Å². The van der Waals surface area contributed by atoms with Crippen LogP contribution in [-0.4, -0.2) is 11.0 Å². The number of nitrogens with one attached hydrogen (secondary N) is 1. The third-order valence-corrected chi connectivity index (χ3v) is 4.66. The highest BCUT2D eigenvalue weighted by atomic mass is 16.6. The lowest BCUT2D eigenvalue weighted by Gasteiger charge is -2.09. The highest BCUT2D eigenvalue weighted by Crippen LogP contribution is 2.64. The predicted molar refractivity (Wildman–Crippen MR) is 72.8 cm³/mol. The predicted octanol–water partition coefficient (Wildman–Crippen LogP) is 3.31. The summed E-state index contributed by atoms with van der Waals surface area (Å²) in [4.78, 5) is 10.6. The van der Waals surface area contributed by atoms with Crippen LogP contribution in [0.1, 0.15) is 33.3 Å². The number of nitro groups is 1. The summed E-state index contributed by atoms with van der Waals surface area (Å²) in [5.41, 5.74) is 0.523. The van der Waals surface area contributed by atoms with E-state index in [1.807, 2.05) is 6.07 Å². The Labute approximate surface area is 112 Å². The standard InChI is InChI=1S/C14H17N3O2/c1-13(2)12(14(13,3)4)16-10-7-5-6-9(8-15)11(10)17(18)19/h5-7,12,16H,1-4H3. The minimum absolute atomic E-state index is 0.0729. The van der Waals surface area contributed by atoms with Gasteiger partial charge in [-0.05, 0) is 23.0 Å². The number of rotatable bonds is 3. The normalized spacial score (nSPS) is 19.5. The molecule has 0 unspecified atom stereocenters. The Hall–Kier alpha value is -2.09. The smallest absolute Gasteiger partial charge is 0.309 e.